The Morgan fingerprint density at radius 3 is 2.57 bits per heavy atom. The van der Waals surface area contributed by atoms with Crippen LogP contribution in [0.1, 0.15) is 30.9 Å². The third kappa shape index (κ3) is 4.63. The summed E-state index contributed by atoms with van der Waals surface area (Å²) in [6.45, 7) is 2.28. The van der Waals surface area contributed by atoms with Crippen LogP contribution in [0.2, 0.25) is 0 Å². The van der Waals surface area contributed by atoms with Crippen molar-refractivity contribution in [2.24, 2.45) is 0 Å². The number of hydrogen-bond donors (Lipinski definition) is 1. The minimum Gasteiger partial charge on any atom is -0.504 e. The summed E-state index contributed by atoms with van der Waals surface area (Å²) in [5.74, 6) is 0.826. The quantitative estimate of drug-likeness (QED) is 0.839. The van der Waals surface area contributed by atoms with E-state index in [1.54, 1.807) is 12.1 Å². The highest BCUT2D eigenvalue weighted by molar-refractivity contribution is 5.78. The van der Waals surface area contributed by atoms with Crippen LogP contribution in [-0.4, -0.2) is 10.9 Å². The molecule has 0 aliphatic heterocycles. The predicted octanol–water partition coefficient (Wildman–Crippen LogP) is 3.88. The molecule has 3 heteroatoms. The first-order valence-corrected chi connectivity index (χ1v) is 7.19. The molecule has 0 spiro atoms. The third-order valence-corrected chi connectivity index (χ3v) is 3.35. The van der Waals surface area contributed by atoms with Gasteiger partial charge in [-0.3, -0.25) is 4.79 Å². The summed E-state index contributed by atoms with van der Waals surface area (Å²) in [5, 5.41) is 9.84. The molecule has 0 fully saturated rings. The molecule has 0 atom stereocenters. The van der Waals surface area contributed by atoms with Crippen LogP contribution in [-0.2, 0) is 17.8 Å². The second kappa shape index (κ2) is 7.48. The minimum atomic E-state index is 0.122. The van der Waals surface area contributed by atoms with Crippen LogP contribution in [0.15, 0.2) is 48.5 Å². The van der Waals surface area contributed by atoms with Crippen molar-refractivity contribution in [2.45, 2.75) is 32.8 Å². The Bertz CT molecular complexity index is 591. The van der Waals surface area contributed by atoms with Crippen molar-refractivity contribution in [3.8, 4) is 11.5 Å². The molecule has 0 unspecified atom stereocenters. The van der Waals surface area contributed by atoms with Gasteiger partial charge in [0.25, 0.3) is 0 Å². The number of rotatable bonds is 7. The van der Waals surface area contributed by atoms with Gasteiger partial charge in [-0.2, -0.15) is 0 Å². The molecule has 3 nitrogen and oxygen atoms in total. The van der Waals surface area contributed by atoms with E-state index in [4.69, 9.17) is 4.74 Å². The summed E-state index contributed by atoms with van der Waals surface area (Å²) in [4.78, 5) is 11.4. The Hall–Kier alpha value is -2.29. The molecule has 0 radical (unpaired) electrons. The first-order chi connectivity index (χ1) is 10.2. The largest absolute Gasteiger partial charge is 0.504 e. The van der Waals surface area contributed by atoms with E-state index in [0.29, 0.717) is 31.6 Å². The lowest BCUT2D eigenvalue weighted by Gasteiger charge is -2.10. The Kier molecular flexibility index (Phi) is 5.38. The van der Waals surface area contributed by atoms with Gasteiger partial charge in [-0.25, -0.2) is 0 Å². The highest BCUT2D eigenvalue weighted by Gasteiger charge is 2.06. The zero-order chi connectivity index (χ0) is 15.1. The molecular weight excluding hydrogens is 264 g/mol. The zero-order valence-corrected chi connectivity index (χ0v) is 12.2. The van der Waals surface area contributed by atoms with Crippen LogP contribution in [0.5, 0.6) is 11.5 Å². The van der Waals surface area contributed by atoms with E-state index < -0.39 is 0 Å². The van der Waals surface area contributed by atoms with E-state index in [0.717, 1.165) is 11.1 Å². The average Bonchev–Trinajstić information content (AvgIpc) is 2.53. The van der Waals surface area contributed by atoms with Crippen LogP contribution in [0.4, 0.5) is 0 Å². The lowest BCUT2D eigenvalue weighted by Crippen LogP contribution is -1.99. The third-order valence-electron chi connectivity index (χ3n) is 3.35. The fraction of sp³-hybridized carbons (Fsp3) is 0.278. The number of hydrogen-bond acceptors (Lipinski definition) is 3. The summed E-state index contributed by atoms with van der Waals surface area (Å²) in [6, 6.07) is 15.0. The maximum atomic E-state index is 11.4. The van der Waals surface area contributed by atoms with E-state index in [1.807, 2.05) is 43.3 Å². The first kappa shape index (κ1) is 15.1. The number of ether oxygens (including phenoxy) is 1. The molecule has 2 aromatic carbocycles. The lowest BCUT2D eigenvalue weighted by atomic mass is 10.1. The van der Waals surface area contributed by atoms with E-state index in [2.05, 4.69) is 0 Å². The van der Waals surface area contributed by atoms with Crippen molar-refractivity contribution < 1.29 is 14.6 Å². The molecule has 0 amide bonds. The van der Waals surface area contributed by atoms with Gasteiger partial charge in [0, 0.05) is 12.8 Å². The van der Waals surface area contributed by atoms with Crippen molar-refractivity contribution in [3.05, 3.63) is 59.7 Å². The smallest absolute Gasteiger partial charge is 0.161 e. The maximum absolute atomic E-state index is 11.4. The number of Topliss-reactive ketones (excluding diaryl/α,β-unsaturated/α-hetero) is 1. The van der Waals surface area contributed by atoms with Gasteiger partial charge < -0.3 is 9.84 Å². The van der Waals surface area contributed by atoms with Gasteiger partial charge in [-0.05, 0) is 29.7 Å². The summed E-state index contributed by atoms with van der Waals surface area (Å²) >= 11 is 0. The van der Waals surface area contributed by atoms with Crippen molar-refractivity contribution in [3.63, 3.8) is 0 Å². The Morgan fingerprint density at radius 2 is 1.86 bits per heavy atom. The molecule has 0 bridgehead atoms. The van der Waals surface area contributed by atoms with E-state index in [-0.39, 0.29) is 11.5 Å². The fourth-order valence-corrected chi connectivity index (χ4v) is 2.03. The lowest BCUT2D eigenvalue weighted by molar-refractivity contribution is -0.118. The van der Waals surface area contributed by atoms with E-state index in [9.17, 15) is 9.90 Å². The number of ketones is 1. The fourth-order valence-electron chi connectivity index (χ4n) is 2.03. The molecule has 110 valence electrons. The Morgan fingerprint density at radius 1 is 1.10 bits per heavy atom. The molecular formula is C18H20O3. The summed E-state index contributed by atoms with van der Waals surface area (Å²) < 4.78 is 5.66. The average molecular weight is 284 g/mol. The van der Waals surface area contributed by atoms with Crippen molar-refractivity contribution in [2.75, 3.05) is 0 Å². The number of benzene rings is 2. The van der Waals surface area contributed by atoms with Crippen LogP contribution in [0.3, 0.4) is 0 Å². The normalized spacial score (nSPS) is 10.3. The van der Waals surface area contributed by atoms with E-state index in [1.165, 1.54) is 0 Å². The Labute approximate surface area is 125 Å². The summed E-state index contributed by atoms with van der Waals surface area (Å²) in [7, 11) is 0. The number of aryl methyl sites for hydroxylation is 1. The highest BCUT2D eigenvalue weighted by Crippen LogP contribution is 2.28. The van der Waals surface area contributed by atoms with Crippen molar-refractivity contribution >= 4 is 5.78 Å². The number of carbonyl (C=O) groups is 1. The van der Waals surface area contributed by atoms with Gasteiger partial charge in [-0.15, -0.1) is 0 Å². The van der Waals surface area contributed by atoms with Gasteiger partial charge in [0.05, 0.1) is 0 Å². The number of aromatic hydroxyl groups is 1. The molecule has 2 rings (SSSR count). The minimum absolute atomic E-state index is 0.122. The molecule has 21 heavy (non-hydrogen) atoms. The molecule has 2 aromatic rings. The van der Waals surface area contributed by atoms with E-state index >= 15 is 0 Å². The van der Waals surface area contributed by atoms with Gasteiger partial charge >= 0.3 is 0 Å². The van der Waals surface area contributed by atoms with Crippen LogP contribution in [0.25, 0.3) is 0 Å². The highest BCUT2D eigenvalue weighted by atomic mass is 16.5. The second-order valence-electron chi connectivity index (χ2n) is 4.97. The van der Waals surface area contributed by atoms with Gasteiger partial charge in [0.2, 0.25) is 0 Å². The molecule has 0 aliphatic rings. The van der Waals surface area contributed by atoms with Crippen LogP contribution in [0, 0.1) is 0 Å². The van der Waals surface area contributed by atoms with Gasteiger partial charge in [0.1, 0.15) is 12.4 Å². The molecule has 0 aromatic heterocycles. The molecule has 0 aliphatic carbocycles. The van der Waals surface area contributed by atoms with Gasteiger partial charge in [-0.1, -0.05) is 43.3 Å². The van der Waals surface area contributed by atoms with Gasteiger partial charge in [0.15, 0.2) is 11.5 Å². The van der Waals surface area contributed by atoms with Crippen LogP contribution >= 0.6 is 0 Å². The second-order valence-corrected chi connectivity index (χ2v) is 4.97. The number of carbonyl (C=O) groups excluding carboxylic acids is 1. The molecule has 0 heterocycles. The summed E-state index contributed by atoms with van der Waals surface area (Å²) in [5.41, 5.74) is 2.04. The number of phenols is 1. The Balaban J connectivity index is 2.00. The SMILES string of the molecule is CCC(=O)CCc1ccc(O)c(OCc2ccccc2)c1. The predicted molar refractivity (Wildman–Crippen MR) is 82.5 cm³/mol. The standard InChI is InChI=1S/C18H20O3/c1-2-16(19)10-8-14-9-11-17(20)18(12-14)21-13-15-6-4-3-5-7-15/h3-7,9,11-12,20H,2,8,10,13H2,1H3. The number of phenolic OH excluding ortho intramolecular Hbond substituents is 1. The van der Waals surface area contributed by atoms with Crippen molar-refractivity contribution in [1.82, 2.24) is 0 Å². The summed E-state index contributed by atoms with van der Waals surface area (Å²) in [6.07, 6.45) is 1.77. The van der Waals surface area contributed by atoms with Crippen LogP contribution < -0.4 is 4.74 Å². The van der Waals surface area contributed by atoms with Crippen molar-refractivity contribution in [1.29, 1.82) is 0 Å². The molecule has 0 saturated carbocycles. The zero-order valence-electron chi connectivity index (χ0n) is 12.2. The monoisotopic (exact) mass is 284 g/mol. The maximum Gasteiger partial charge on any atom is 0.161 e. The topological polar surface area (TPSA) is 46.5 Å². The molecule has 0 saturated heterocycles. The first-order valence-electron chi connectivity index (χ1n) is 7.19. The molecule has 1 N–H and O–H groups in total.